The number of rotatable bonds is 12. The summed E-state index contributed by atoms with van der Waals surface area (Å²) in [7, 11) is 0. The average molecular weight is 469 g/mol. The molecule has 1 heterocycles. The minimum absolute atomic E-state index is 0.0225. The van der Waals surface area contributed by atoms with Crippen LogP contribution in [0.1, 0.15) is 32.6 Å². The van der Waals surface area contributed by atoms with E-state index in [1.54, 1.807) is 25.1 Å². The van der Waals surface area contributed by atoms with Crippen LogP contribution in [-0.4, -0.2) is 29.1 Å². The Balaban J connectivity index is 1.39. The number of non-ortho nitro benzene ring substituents is 1. The van der Waals surface area contributed by atoms with Crippen LogP contribution in [0.4, 0.5) is 16.5 Å². The number of nitro benzene ring substituents is 1. The molecule has 0 aliphatic carbocycles. The Hall–Kier alpha value is -3.66. The standard InChI is InChI=1S/C23H24N4O5S/c1-16(2)22(28)32-14-6-4-3-5-13-31-19-10-7-17(8-11-19)25-26-23-24-20-12-9-18(27(29)30)15-21(20)33-23/h7-12,15H,1,3-6,13-14H2,2H3. The molecule has 172 valence electrons. The molecule has 10 heteroatoms. The molecular weight excluding hydrogens is 444 g/mol. The number of ether oxygens (including phenoxy) is 2. The number of azo groups is 1. The number of esters is 1. The third kappa shape index (κ3) is 7.46. The van der Waals surface area contributed by atoms with Crippen molar-refractivity contribution in [3.63, 3.8) is 0 Å². The maximum atomic E-state index is 11.3. The molecule has 2 aromatic carbocycles. The van der Waals surface area contributed by atoms with Crippen LogP contribution in [0, 0.1) is 10.1 Å². The summed E-state index contributed by atoms with van der Waals surface area (Å²) < 4.78 is 11.5. The van der Waals surface area contributed by atoms with E-state index in [-0.39, 0.29) is 11.7 Å². The number of thiazole rings is 1. The molecule has 0 amide bonds. The van der Waals surface area contributed by atoms with Gasteiger partial charge in [0, 0.05) is 17.7 Å². The topological polar surface area (TPSA) is 116 Å². The maximum absolute atomic E-state index is 11.3. The molecule has 0 unspecified atom stereocenters. The molecule has 1 aromatic heterocycles. The van der Waals surface area contributed by atoms with Gasteiger partial charge in [-0.3, -0.25) is 10.1 Å². The molecule has 9 nitrogen and oxygen atoms in total. The van der Waals surface area contributed by atoms with E-state index in [0.29, 0.717) is 39.8 Å². The average Bonchev–Trinajstić information content (AvgIpc) is 3.22. The highest BCUT2D eigenvalue weighted by Gasteiger charge is 2.10. The SMILES string of the molecule is C=C(C)C(=O)OCCCCCCOc1ccc(N=Nc2nc3ccc([N+](=O)[O-])cc3s2)cc1. The molecule has 3 aromatic rings. The molecular formula is C23H24N4O5S. The van der Waals surface area contributed by atoms with Gasteiger partial charge in [0.05, 0.1) is 34.0 Å². The second-order valence-electron chi connectivity index (χ2n) is 7.28. The van der Waals surface area contributed by atoms with E-state index < -0.39 is 4.92 Å². The Morgan fingerprint density at radius 1 is 1.09 bits per heavy atom. The number of hydrogen-bond acceptors (Lipinski definition) is 9. The van der Waals surface area contributed by atoms with E-state index in [4.69, 9.17) is 9.47 Å². The zero-order valence-electron chi connectivity index (χ0n) is 18.2. The lowest BCUT2D eigenvalue weighted by molar-refractivity contribution is -0.384. The predicted octanol–water partition coefficient (Wildman–Crippen LogP) is 6.68. The first-order chi connectivity index (χ1) is 15.9. The highest BCUT2D eigenvalue weighted by atomic mass is 32.1. The Kier molecular flexibility index (Phi) is 8.59. The number of carbonyl (C=O) groups excluding carboxylic acids is 1. The number of nitrogens with zero attached hydrogens (tertiary/aromatic N) is 4. The zero-order chi connectivity index (χ0) is 23.6. The number of unbranched alkanes of at least 4 members (excludes halogenated alkanes) is 3. The van der Waals surface area contributed by atoms with Crippen molar-refractivity contribution in [2.75, 3.05) is 13.2 Å². The molecule has 0 bridgehead atoms. The first kappa shape index (κ1) is 24.0. The smallest absolute Gasteiger partial charge is 0.333 e. The van der Waals surface area contributed by atoms with Crippen molar-refractivity contribution in [3.8, 4) is 5.75 Å². The monoisotopic (exact) mass is 468 g/mol. The molecule has 0 saturated carbocycles. The molecule has 0 saturated heterocycles. The number of carbonyl (C=O) groups is 1. The van der Waals surface area contributed by atoms with Crippen LogP contribution in [0.5, 0.6) is 5.75 Å². The summed E-state index contributed by atoms with van der Waals surface area (Å²) in [4.78, 5) is 26.0. The third-order valence-corrected chi connectivity index (χ3v) is 5.45. The maximum Gasteiger partial charge on any atom is 0.333 e. The minimum atomic E-state index is -0.436. The Morgan fingerprint density at radius 2 is 1.82 bits per heavy atom. The van der Waals surface area contributed by atoms with E-state index in [1.807, 2.05) is 12.1 Å². The fourth-order valence-electron chi connectivity index (χ4n) is 2.80. The van der Waals surface area contributed by atoms with Crippen LogP contribution in [0.15, 0.2) is 64.8 Å². The Labute approximate surface area is 194 Å². The summed E-state index contributed by atoms with van der Waals surface area (Å²) in [6.45, 7) is 6.20. The summed E-state index contributed by atoms with van der Waals surface area (Å²) in [5.74, 6) is 0.407. The van der Waals surface area contributed by atoms with Crippen molar-refractivity contribution in [1.29, 1.82) is 0 Å². The lowest BCUT2D eigenvalue weighted by Crippen LogP contribution is -2.06. The van der Waals surface area contributed by atoms with E-state index >= 15 is 0 Å². The van der Waals surface area contributed by atoms with Gasteiger partial charge in [0.1, 0.15) is 5.75 Å². The van der Waals surface area contributed by atoms with Crippen LogP contribution < -0.4 is 4.74 Å². The molecule has 0 spiro atoms. The van der Waals surface area contributed by atoms with Crippen molar-refractivity contribution in [2.45, 2.75) is 32.6 Å². The van der Waals surface area contributed by atoms with Crippen LogP contribution in [-0.2, 0) is 9.53 Å². The van der Waals surface area contributed by atoms with E-state index in [0.717, 1.165) is 31.4 Å². The number of hydrogen-bond donors (Lipinski definition) is 0. The molecule has 0 aliphatic heterocycles. The van der Waals surface area contributed by atoms with Gasteiger partial charge < -0.3 is 9.47 Å². The number of nitro groups is 1. The lowest BCUT2D eigenvalue weighted by Gasteiger charge is -2.06. The minimum Gasteiger partial charge on any atom is -0.494 e. The highest BCUT2D eigenvalue weighted by Crippen LogP contribution is 2.32. The summed E-state index contributed by atoms with van der Waals surface area (Å²) in [6, 6.07) is 11.8. The molecule has 0 N–H and O–H groups in total. The van der Waals surface area contributed by atoms with E-state index in [1.165, 1.54) is 23.5 Å². The molecule has 3 rings (SSSR count). The van der Waals surface area contributed by atoms with Gasteiger partial charge in [-0.25, -0.2) is 9.78 Å². The van der Waals surface area contributed by atoms with Crippen LogP contribution in [0.2, 0.25) is 0 Å². The summed E-state index contributed by atoms with van der Waals surface area (Å²) in [6.07, 6.45) is 3.68. The van der Waals surface area contributed by atoms with E-state index in [2.05, 4.69) is 21.8 Å². The van der Waals surface area contributed by atoms with Gasteiger partial charge in [-0.2, -0.15) is 0 Å². The van der Waals surface area contributed by atoms with Gasteiger partial charge in [0.15, 0.2) is 0 Å². The largest absolute Gasteiger partial charge is 0.494 e. The van der Waals surface area contributed by atoms with Crippen LogP contribution >= 0.6 is 11.3 Å². The quantitative estimate of drug-likeness (QED) is 0.0731. The molecule has 0 fully saturated rings. The second-order valence-corrected chi connectivity index (χ2v) is 8.29. The first-order valence-corrected chi connectivity index (χ1v) is 11.3. The highest BCUT2D eigenvalue weighted by molar-refractivity contribution is 7.21. The van der Waals surface area contributed by atoms with Crippen molar-refractivity contribution < 1.29 is 19.2 Å². The van der Waals surface area contributed by atoms with E-state index in [9.17, 15) is 14.9 Å². The Morgan fingerprint density at radius 3 is 2.52 bits per heavy atom. The van der Waals surface area contributed by atoms with Gasteiger partial charge in [-0.15, -0.1) is 10.2 Å². The van der Waals surface area contributed by atoms with Crippen molar-refractivity contribution >= 4 is 44.0 Å². The zero-order valence-corrected chi connectivity index (χ0v) is 19.0. The van der Waals surface area contributed by atoms with Crippen molar-refractivity contribution in [2.24, 2.45) is 10.2 Å². The van der Waals surface area contributed by atoms with Crippen LogP contribution in [0.3, 0.4) is 0 Å². The summed E-state index contributed by atoms with van der Waals surface area (Å²) in [5, 5.41) is 19.6. The summed E-state index contributed by atoms with van der Waals surface area (Å²) in [5.41, 5.74) is 1.74. The fraction of sp³-hybridized carbons (Fsp3) is 0.304. The first-order valence-electron chi connectivity index (χ1n) is 10.4. The fourth-order valence-corrected chi connectivity index (χ4v) is 3.62. The molecule has 33 heavy (non-hydrogen) atoms. The molecule has 0 aliphatic rings. The van der Waals surface area contributed by atoms with Crippen molar-refractivity contribution in [3.05, 3.63) is 64.7 Å². The lowest BCUT2D eigenvalue weighted by atomic mass is 10.2. The predicted molar refractivity (Wildman–Crippen MR) is 127 cm³/mol. The second kappa shape index (κ2) is 11.8. The van der Waals surface area contributed by atoms with Gasteiger partial charge in [0.2, 0.25) is 5.13 Å². The number of aromatic nitrogens is 1. The van der Waals surface area contributed by atoms with Crippen molar-refractivity contribution in [1.82, 2.24) is 4.98 Å². The third-order valence-electron chi connectivity index (χ3n) is 4.55. The normalized spacial score (nSPS) is 11.1. The van der Waals surface area contributed by atoms with Gasteiger partial charge in [-0.05, 0) is 62.9 Å². The Bertz CT molecular complexity index is 1160. The van der Waals surface area contributed by atoms with Gasteiger partial charge in [-0.1, -0.05) is 17.9 Å². The number of fused-ring (bicyclic) bond motifs is 1. The van der Waals surface area contributed by atoms with Crippen LogP contribution in [0.25, 0.3) is 10.2 Å². The molecule has 0 radical (unpaired) electrons. The summed E-state index contributed by atoms with van der Waals surface area (Å²) >= 11 is 1.25. The van der Waals surface area contributed by atoms with Gasteiger partial charge >= 0.3 is 5.97 Å². The van der Waals surface area contributed by atoms with Gasteiger partial charge in [0.25, 0.3) is 5.69 Å². The number of benzene rings is 2. The molecule has 0 atom stereocenters.